The highest BCUT2D eigenvalue weighted by Gasteiger charge is 2.25. The highest BCUT2D eigenvalue weighted by molar-refractivity contribution is 6.00. The molecule has 0 aliphatic carbocycles. The summed E-state index contributed by atoms with van der Waals surface area (Å²) in [6, 6.07) is 20.5. The Morgan fingerprint density at radius 3 is 2.15 bits per heavy atom. The van der Waals surface area contributed by atoms with Gasteiger partial charge in [-0.15, -0.1) is 0 Å². The molecule has 0 saturated carbocycles. The normalized spacial score (nSPS) is 11.7. The number of hydrogen-bond donors (Lipinski definition) is 0. The van der Waals surface area contributed by atoms with Crippen molar-refractivity contribution >= 4 is 10.8 Å². The summed E-state index contributed by atoms with van der Waals surface area (Å²) in [6.45, 7) is 0. The predicted octanol–water partition coefficient (Wildman–Crippen LogP) is 7.18. The molecule has 142 valence electrons. The minimum absolute atomic E-state index is 0.208. The SMILES string of the molecule is COc1ccc(-c2ccc(CCCCCC(F)(F)F)cc2)c2ccccc12. The molecule has 0 N–H and O–H groups in total. The van der Waals surface area contributed by atoms with E-state index < -0.39 is 12.6 Å². The van der Waals surface area contributed by atoms with Crippen LogP contribution in [0.2, 0.25) is 0 Å². The minimum atomic E-state index is -4.04. The van der Waals surface area contributed by atoms with E-state index in [2.05, 4.69) is 36.4 Å². The quantitative estimate of drug-likeness (QED) is 0.399. The molecule has 0 aromatic heterocycles. The molecular formula is C23H23F3O. The Hall–Kier alpha value is -2.49. The molecule has 27 heavy (non-hydrogen) atoms. The molecule has 0 unspecified atom stereocenters. The van der Waals surface area contributed by atoms with Crippen molar-refractivity contribution in [1.29, 1.82) is 0 Å². The van der Waals surface area contributed by atoms with Crippen molar-refractivity contribution in [1.82, 2.24) is 0 Å². The minimum Gasteiger partial charge on any atom is -0.496 e. The number of methoxy groups -OCH3 is 1. The summed E-state index contributed by atoms with van der Waals surface area (Å²) < 4.78 is 41.9. The van der Waals surface area contributed by atoms with Crippen molar-refractivity contribution in [3.8, 4) is 16.9 Å². The number of fused-ring (bicyclic) bond motifs is 1. The van der Waals surface area contributed by atoms with Gasteiger partial charge >= 0.3 is 6.18 Å². The Balaban J connectivity index is 1.68. The molecule has 0 spiro atoms. The summed E-state index contributed by atoms with van der Waals surface area (Å²) in [6.07, 6.45) is -2.33. The Morgan fingerprint density at radius 1 is 0.778 bits per heavy atom. The number of unbranched alkanes of at least 4 members (excludes halogenated alkanes) is 2. The molecule has 0 heterocycles. The zero-order valence-electron chi connectivity index (χ0n) is 15.4. The van der Waals surface area contributed by atoms with Gasteiger partial charge in [0.15, 0.2) is 0 Å². The number of aryl methyl sites for hydroxylation is 1. The van der Waals surface area contributed by atoms with E-state index in [0.717, 1.165) is 46.1 Å². The molecule has 1 nitrogen and oxygen atoms in total. The van der Waals surface area contributed by atoms with Gasteiger partial charge in [0.2, 0.25) is 0 Å². The lowest BCUT2D eigenvalue weighted by atomic mass is 9.96. The lowest BCUT2D eigenvalue weighted by molar-refractivity contribution is -0.135. The fraction of sp³-hybridized carbons (Fsp3) is 0.304. The van der Waals surface area contributed by atoms with Gasteiger partial charge in [0.25, 0.3) is 0 Å². The Labute approximate surface area is 157 Å². The summed E-state index contributed by atoms with van der Waals surface area (Å²) in [5, 5.41) is 2.21. The van der Waals surface area contributed by atoms with Crippen molar-refractivity contribution in [2.45, 2.75) is 38.3 Å². The summed E-state index contributed by atoms with van der Waals surface area (Å²) >= 11 is 0. The van der Waals surface area contributed by atoms with Crippen LogP contribution in [0.15, 0.2) is 60.7 Å². The molecule has 3 aromatic carbocycles. The first-order valence-electron chi connectivity index (χ1n) is 9.20. The second-order valence-corrected chi connectivity index (χ2v) is 6.73. The van der Waals surface area contributed by atoms with E-state index in [1.807, 2.05) is 24.3 Å². The molecule has 0 aliphatic heterocycles. The summed E-state index contributed by atoms with van der Waals surface area (Å²) in [7, 11) is 1.67. The first-order chi connectivity index (χ1) is 13.0. The number of hydrogen-bond acceptors (Lipinski definition) is 1. The van der Waals surface area contributed by atoms with Gasteiger partial charge in [0, 0.05) is 11.8 Å². The van der Waals surface area contributed by atoms with Crippen molar-refractivity contribution < 1.29 is 17.9 Å². The molecule has 0 atom stereocenters. The number of ether oxygens (including phenoxy) is 1. The standard InChI is InChI=1S/C23H23F3O/c1-27-22-15-14-19(20-8-4-5-9-21(20)22)18-12-10-17(11-13-18)7-3-2-6-16-23(24,25)26/h4-5,8-15H,2-3,6-7,16H2,1H3. The molecule has 0 saturated heterocycles. The van der Waals surface area contributed by atoms with E-state index in [1.165, 1.54) is 0 Å². The highest BCUT2D eigenvalue weighted by Crippen LogP contribution is 2.34. The topological polar surface area (TPSA) is 9.23 Å². The molecule has 4 heteroatoms. The second-order valence-electron chi connectivity index (χ2n) is 6.73. The van der Waals surface area contributed by atoms with Crippen molar-refractivity contribution in [3.63, 3.8) is 0 Å². The first-order valence-corrected chi connectivity index (χ1v) is 9.20. The first kappa shape index (κ1) is 19.3. The maximum Gasteiger partial charge on any atom is 0.389 e. The van der Waals surface area contributed by atoms with Crippen LogP contribution < -0.4 is 4.74 Å². The Kier molecular flexibility index (Phi) is 6.04. The van der Waals surface area contributed by atoms with Crippen LogP contribution in [0.1, 0.15) is 31.2 Å². The number of benzene rings is 3. The maximum absolute atomic E-state index is 12.2. The van der Waals surface area contributed by atoms with Crippen LogP contribution in [-0.4, -0.2) is 13.3 Å². The van der Waals surface area contributed by atoms with E-state index in [9.17, 15) is 13.2 Å². The zero-order chi connectivity index (χ0) is 19.3. The van der Waals surface area contributed by atoms with E-state index in [0.29, 0.717) is 6.42 Å². The average Bonchev–Trinajstić information content (AvgIpc) is 2.66. The molecular weight excluding hydrogens is 349 g/mol. The average molecular weight is 372 g/mol. The zero-order valence-corrected chi connectivity index (χ0v) is 15.4. The Morgan fingerprint density at radius 2 is 1.48 bits per heavy atom. The lowest BCUT2D eigenvalue weighted by Gasteiger charge is -2.11. The predicted molar refractivity (Wildman–Crippen MR) is 104 cm³/mol. The number of halogens is 3. The van der Waals surface area contributed by atoms with E-state index in [-0.39, 0.29) is 6.42 Å². The summed E-state index contributed by atoms with van der Waals surface area (Å²) in [4.78, 5) is 0. The van der Waals surface area contributed by atoms with Crippen LogP contribution in [0.3, 0.4) is 0 Å². The fourth-order valence-corrected chi connectivity index (χ4v) is 3.38. The molecule has 0 fully saturated rings. The van der Waals surface area contributed by atoms with Gasteiger partial charge in [-0.3, -0.25) is 0 Å². The molecule has 0 bridgehead atoms. The molecule has 0 aliphatic rings. The number of rotatable bonds is 7. The van der Waals surface area contributed by atoms with Crippen LogP contribution in [0, 0.1) is 0 Å². The third kappa shape index (κ3) is 5.03. The van der Waals surface area contributed by atoms with E-state index in [1.54, 1.807) is 7.11 Å². The smallest absolute Gasteiger partial charge is 0.389 e. The van der Waals surface area contributed by atoms with Crippen LogP contribution in [0.25, 0.3) is 21.9 Å². The lowest BCUT2D eigenvalue weighted by Crippen LogP contribution is -2.06. The second kappa shape index (κ2) is 8.47. The largest absolute Gasteiger partial charge is 0.496 e. The number of alkyl halides is 3. The third-order valence-electron chi connectivity index (χ3n) is 4.79. The summed E-state index contributed by atoms with van der Waals surface area (Å²) in [5.41, 5.74) is 3.42. The third-order valence-corrected chi connectivity index (χ3v) is 4.79. The van der Waals surface area contributed by atoms with Crippen molar-refractivity contribution in [3.05, 3.63) is 66.2 Å². The van der Waals surface area contributed by atoms with Crippen LogP contribution in [-0.2, 0) is 6.42 Å². The van der Waals surface area contributed by atoms with Gasteiger partial charge < -0.3 is 4.74 Å². The van der Waals surface area contributed by atoms with Gasteiger partial charge in [-0.1, -0.05) is 61.0 Å². The van der Waals surface area contributed by atoms with E-state index >= 15 is 0 Å². The maximum atomic E-state index is 12.2. The van der Waals surface area contributed by atoms with Gasteiger partial charge in [-0.05, 0) is 47.4 Å². The molecule has 3 aromatic rings. The molecule has 0 amide bonds. The van der Waals surface area contributed by atoms with Crippen LogP contribution >= 0.6 is 0 Å². The fourth-order valence-electron chi connectivity index (χ4n) is 3.38. The van der Waals surface area contributed by atoms with Crippen LogP contribution in [0.4, 0.5) is 13.2 Å². The highest BCUT2D eigenvalue weighted by atomic mass is 19.4. The molecule has 3 rings (SSSR count). The van der Waals surface area contributed by atoms with E-state index in [4.69, 9.17) is 4.74 Å². The van der Waals surface area contributed by atoms with Gasteiger partial charge in [0.1, 0.15) is 5.75 Å². The van der Waals surface area contributed by atoms with Crippen LogP contribution in [0.5, 0.6) is 5.75 Å². The van der Waals surface area contributed by atoms with Crippen molar-refractivity contribution in [2.75, 3.05) is 7.11 Å². The van der Waals surface area contributed by atoms with Gasteiger partial charge in [0.05, 0.1) is 7.11 Å². The molecule has 0 radical (unpaired) electrons. The Bertz CT molecular complexity index is 882. The summed E-state index contributed by atoms with van der Waals surface area (Å²) in [5.74, 6) is 0.852. The van der Waals surface area contributed by atoms with Gasteiger partial charge in [-0.25, -0.2) is 0 Å². The monoisotopic (exact) mass is 372 g/mol. The van der Waals surface area contributed by atoms with Gasteiger partial charge in [-0.2, -0.15) is 13.2 Å². The van der Waals surface area contributed by atoms with Crippen molar-refractivity contribution in [2.24, 2.45) is 0 Å².